The molecule has 0 nitrogen and oxygen atoms in total. The Labute approximate surface area is 376 Å². The van der Waals surface area contributed by atoms with Crippen LogP contribution in [0.3, 0.4) is 0 Å². The van der Waals surface area contributed by atoms with E-state index in [2.05, 4.69) is 129 Å². The summed E-state index contributed by atoms with van der Waals surface area (Å²) in [5, 5.41) is 5.30. The van der Waals surface area contributed by atoms with Crippen LogP contribution in [0.2, 0.25) is 0 Å². The molecule has 0 N–H and O–H groups in total. The van der Waals surface area contributed by atoms with Gasteiger partial charge in [0, 0.05) is 0 Å². The maximum Gasteiger partial charge on any atom is 4.00 e. The van der Waals surface area contributed by atoms with E-state index in [1.165, 1.54) is 132 Å². The Hall–Kier alpha value is -2.01. The van der Waals surface area contributed by atoms with Gasteiger partial charge >= 0.3 is 177 Å². The predicted octanol–water partition coefficient (Wildman–Crippen LogP) is 0.271. The Kier molecular flexibility index (Phi) is 23.3. The summed E-state index contributed by atoms with van der Waals surface area (Å²) in [6.45, 7) is 4.50. The fourth-order valence-electron chi connectivity index (χ4n) is 6.65. The van der Waals surface area contributed by atoms with Crippen LogP contribution in [0.5, 0.6) is 0 Å². The van der Waals surface area contributed by atoms with Gasteiger partial charge in [0.05, 0.1) is 0 Å². The van der Waals surface area contributed by atoms with E-state index in [4.69, 9.17) is 0 Å². The third kappa shape index (κ3) is 12.5. The van der Waals surface area contributed by atoms with Gasteiger partial charge in [-0.25, -0.2) is 12.1 Å². The zero-order chi connectivity index (χ0) is 33.1. The van der Waals surface area contributed by atoms with E-state index in [0.29, 0.717) is 0 Å². The quantitative estimate of drug-likeness (QED) is 0.152. The first-order chi connectivity index (χ1) is 23.7. The molecule has 1 aliphatic carbocycles. The molecule has 0 saturated carbocycles. The van der Waals surface area contributed by atoms with Crippen molar-refractivity contribution >= 4 is 24.8 Å². The van der Waals surface area contributed by atoms with Crippen molar-refractivity contribution < 1.29 is 100 Å². The van der Waals surface area contributed by atoms with Crippen LogP contribution in [-0.2, 0) is 69.7 Å². The van der Waals surface area contributed by atoms with Crippen LogP contribution >= 0.6 is 0 Å². The molecule has 0 aromatic heterocycles. The third-order valence-electron chi connectivity index (χ3n) is 9.28. The van der Waals surface area contributed by atoms with Crippen LogP contribution < -0.4 is 49.6 Å². The van der Waals surface area contributed by atoms with Crippen molar-refractivity contribution in [2.24, 2.45) is 0 Å². The SMILES string of the molecule is CCCCc1ccc([C](=[Zr+2])c2ccc(CCCC)cc2)cc1.[Cl-].[Cl-].[Cl-].[Cl-].[Zr+4].[c-]1cccc2c1c1c(c3ccccc32)-c2ccccc2C1.c1cc[cH-]c1. The van der Waals surface area contributed by atoms with Gasteiger partial charge in [-0.2, -0.15) is 18.2 Å². The molecule has 0 amide bonds. The van der Waals surface area contributed by atoms with Gasteiger partial charge in [-0.05, 0) is 28.5 Å². The first-order valence-corrected chi connectivity index (χ1v) is 18.8. The molecule has 0 heterocycles. The Morgan fingerprint density at radius 3 is 1.64 bits per heavy atom. The van der Waals surface area contributed by atoms with Crippen LogP contribution in [0.1, 0.15) is 72.9 Å². The molecule has 53 heavy (non-hydrogen) atoms. The van der Waals surface area contributed by atoms with Crippen LogP contribution in [0, 0.1) is 6.07 Å². The summed E-state index contributed by atoms with van der Waals surface area (Å²) < 4.78 is 1.45. The van der Waals surface area contributed by atoms with Crippen LogP contribution in [0.15, 0.2) is 146 Å². The van der Waals surface area contributed by atoms with Crippen molar-refractivity contribution in [1.82, 2.24) is 0 Å². The fourth-order valence-corrected chi connectivity index (χ4v) is 7.47. The second-order valence-corrected chi connectivity index (χ2v) is 13.9. The van der Waals surface area contributed by atoms with Gasteiger partial charge in [-0.3, -0.25) is 0 Å². The average molecular weight is 933 g/mol. The molecule has 6 heteroatoms. The number of unbranched alkanes of at least 4 members (excludes halogenated alkanes) is 2. The molecule has 7 aromatic rings. The molecule has 0 spiro atoms. The molecule has 0 fully saturated rings. The second kappa shape index (κ2) is 25.2. The molecule has 0 aliphatic heterocycles. The maximum atomic E-state index is 3.48. The van der Waals surface area contributed by atoms with Gasteiger partial charge in [0.15, 0.2) is 0 Å². The van der Waals surface area contributed by atoms with E-state index in [1.807, 2.05) is 36.4 Å². The molecule has 0 bridgehead atoms. The van der Waals surface area contributed by atoms with E-state index in [1.54, 1.807) is 0 Å². The molecule has 0 unspecified atom stereocenters. The van der Waals surface area contributed by atoms with E-state index in [9.17, 15) is 0 Å². The van der Waals surface area contributed by atoms with Gasteiger partial charge < -0.3 is 49.6 Å². The molecule has 0 saturated heterocycles. The molecule has 0 radical (unpaired) electrons. The monoisotopic (exact) mass is 928 g/mol. The average Bonchev–Trinajstić information content (AvgIpc) is 3.87. The number of hydrogen-bond donors (Lipinski definition) is 0. The summed E-state index contributed by atoms with van der Waals surface area (Å²) in [4.78, 5) is 0. The number of aryl methyl sites for hydroxylation is 2. The minimum atomic E-state index is 0. The van der Waals surface area contributed by atoms with Crippen molar-refractivity contribution in [2.75, 3.05) is 0 Å². The van der Waals surface area contributed by atoms with Crippen LogP contribution in [-0.4, -0.2) is 3.21 Å². The third-order valence-corrected chi connectivity index (χ3v) is 10.7. The first kappa shape index (κ1) is 49.0. The fraction of sp³-hybridized carbons (Fsp3) is 0.191. The number of hydrogen-bond acceptors (Lipinski definition) is 0. The summed E-state index contributed by atoms with van der Waals surface area (Å²) in [5.41, 5.74) is 11.3. The molecule has 0 atom stereocenters. The summed E-state index contributed by atoms with van der Waals surface area (Å²) in [5.74, 6) is 0. The summed E-state index contributed by atoms with van der Waals surface area (Å²) in [7, 11) is 0. The second-order valence-electron chi connectivity index (χ2n) is 12.6. The zero-order valence-electron chi connectivity index (χ0n) is 30.3. The Bertz CT molecular complexity index is 2020. The molecule has 1 aliphatic rings. The number of fused-ring (bicyclic) bond motifs is 8. The van der Waals surface area contributed by atoms with E-state index < -0.39 is 0 Å². The van der Waals surface area contributed by atoms with Gasteiger partial charge in [-0.1, -0.05) is 53.9 Å². The van der Waals surface area contributed by atoms with Crippen molar-refractivity contribution in [3.8, 4) is 11.1 Å². The number of benzene rings is 6. The van der Waals surface area contributed by atoms with Crippen molar-refractivity contribution in [3.63, 3.8) is 0 Å². The van der Waals surface area contributed by atoms with Crippen LogP contribution in [0.4, 0.5) is 0 Å². The molecular weight excluding hydrogens is 889 g/mol. The van der Waals surface area contributed by atoms with Crippen molar-refractivity contribution in [3.05, 3.63) is 185 Å². The summed E-state index contributed by atoms with van der Waals surface area (Å²) >= 11 is 1.48. The van der Waals surface area contributed by atoms with Gasteiger partial charge in [0.25, 0.3) is 0 Å². The molecule has 8 rings (SSSR count). The van der Waals surface area contributed by atoms with Gasteiger partial charge in [-0.15, -0.1) is 40.6 Å². The number of halogens is 4. The van der Waals surface area contributed by atoms with Crippen molar-refractivity contribution in [1.29, 1.82) is 0 Å². The smallest absolute Gasteiger partial charge is 1.00 e. The van der Waals surface area contributed by atoms with Gasteiger partial charge in [0.1, 0.15) is 0 Å². The standard InChI is InChI=1S/C21H13.C21H26.C5H5.4ClH.2Zr/c1-2-8-15-14(7-1)13-20-18-11-4-3-9-16(18)17-10-5-6-12-19(17)21(15)20;1-3-5-7-18-9-13-20(14-10-18)17-21-15-11-19(12-16-21)8-6-4-2;1-2-4-5-3-1;;;;;;/h1-10,12H,13H2;9-16H,3-8H2,1-2H3;1-5H;4*1H;;/q-1;;-1;;;;;+2;+4/p-4. The minimum Gasteiger partial charge on any atom is -1.00 e. The molecule has 7 aromatic carbocycles. The predicted molar refractivity (Wildman–Crippen MR) is 204 cm³/mol. The van der Waals surface area contributed by atoms with E-state index in [0.717, 1.165) is 6.42 Å². The van der Waals surface area contributed by atoms with Gasteiger partial charge in [0.2, 0.25) is 0 Å². The largest absolute Gasteiger partial charge is 4.00 e. The zero-order valence-corrected chi connectivity index (χ0v) is 38.3. The summed E-state index contributed by atoms with van der Waals surface area (Å²) in [6, 6.07) is 55.7. The molecule has 268 valence electrons. The summed E-state index contributed by atoms with van der Waals surface area (Å²) in [6.07, 6.45) is 8.53. The van der Waals surface area contributed by atoms with Crippen LogP contribution in [0.25, 0.3) is 32.7 Å². The topological polar surface area (TPSA) is 0 Å². The normalized spacial score (nSPS) is 10.2. The van der Waals surface area contributed by atoms with E-state index in [-0.39, 0.29) is 75.8 Å². The Balaban J connectivity index is 0.000000431. The number of rotatable bonds is 8. The first-order valence-electron chi connectivity index (χ1n) is 17.5. The Morgan fingerprint density at radius 2 is 1.11 bits per heavy atom. The van der Waals surface area contributed by atoms with Crippen molar-refractivity contribution in [2.45, 2.75) is 58.8 Å². The van der Waals surface area contributed by atoms with E-state index >= 15 is 0 Å². The minimum absolute atomic E-state index is 0. The Morgan fingerprint density at radius 1 is 0.604 bits per heavy atom. The molecular formula is C47H44Cl4Zr2. The maximum absolute atomic E-state index is 3.48.